The van der Waals surface area contributed by atoms with Gasteiger partial charge in [0.15, 0.2) is 0 Å². The number of ether oxygens (including phenoxy) is 1. The quantitative estimate of drug-likeness (QED) is 0.629. The van der Waals surface area contributed by atoms with Crippen molar-refractivity contribution < 1.29 is 14.3 Å². The van der Waals surface area contributed by atoms with Crippen molar-refractivity contribution >= 4 is 27.9 Å². The summed E-state index contributed by atoms with van der Waals surface area (Å²) in [5, 5.41) is 2.88. The van der Waals surface area contributed by atoms with Crippen molar-refractivity contribution in [1.82, 2.24) is 10.2 Å². The number of carbonyl (C=O) groups is 2. The summed E-state index contributed by atoms with van der Waals surface area (Å²) >= 11 is 3.48. The standard InChI is InChI=1S/C17H19BrN2O3/c1-4-10-20-11(3)14(16(21)23-5-2)15(19-17(20)22)12-8-6-7-9-13(12)18/h4,6-9,15H,1,5,10H2,2-3H3,(H,19,22). The zero-order chi connectivity index (χ0) is 17.0. The summed E-state index contributed by atoms with van der Waals surface area (Å²) in [6, 6.07) is 6.65. The van der Waals surface area contributed by atoms with Gasteiger partial charge in [0.25, 0.3) is 0 Å². The Balaban J connectivity index is 2.56. The summed E-state index contributed by atoms with van der Waals surface area (Å²) in [7, 11) is 0. The van der Waals surface area contributed by atoms with Gasteiger partial charge < -0.3 is 10.1 Å². The molecule has 1 N–H and O–H groups in total. The molecule has 0 aliphatic carbocycles. The lowest BCUT2D eigenvalue weighted by Gasteiger charge is -2.35. The summed E-state index contributed by atoms with van der Waals surface area (Å²) in [4.78, 5) is 26.3. The fourth-order valence-electron chi connectivity index (χ4n) is 2.55. The van der Waals surface area contributed by atoms with Crippen LogP contribution in [0.1, 0.15) is 25.5 Å². The fourth-order valence-corrected chi connectivity index (χ4v) is 3.06. The molecule has 6 heteroatoms. The van der Waals surface area contributed by atoms with E-state index in [1.807, 2.05) is 24.3 Å². The number of halogens is 1. The monoisotopic (exact) mass is 378 g/mol. The number of nitrogens with zero attached hydrogens (tertiary/aromatic N) is 1. The molecular weight excluding hydrogens is 360 g/mol. The van der Waals surface area contributed by atoms with Crippen molar-refractivity contribution in [3.63, 3.8) is 0 Å². The third kappa shape index (κ3) is 3.47. The van der Waals surface area contributed by atoms with Crippen molar-refractivity contribution in [2.45, 2.75) is 19.9 Å². The lowest BCUT2D eigenvalue weighted by molar-refractivity contribution is -0.139. The molecule has 1 unspecified atom stereocenters. The van der Waals surface area contributed by atoms with Crippen LogP contribution in [0.4, 0.5) is 4.79 Å². The van der Waals surface area contributed by atoms with Crippen molar-refractivity contribution in [3.05, 3.63) is 58.2 Å². The molecular formula is C17H19BrN2O3. The van der Waals surface area contributed by atoms with E-state index < -0.39 is 12.0 Å². The summed E-state index contributed by atoms with van der Waals surface area (Å²) in [5.74, 6) is -0.431. The van der Waals surface area contributed by atoms with Crippen molar-refractivity contribution in [2.75, 3.05) is 13.2 Å². The molecule has 2 amide bonds. The molecule has 23 heavy (non-hydrogen) atoms. The number of allylic oxidation sites excluding steroid dienone is 1. The topological polar surface area (TPSA) is 58.6 Å². The average Bonchev–Trinajstić information content (AvgIpc) is 2.51. The molecule has 0 radical (unpaired) electrons. The molecule has 1 aromatic rings. The van der Waals surface area contributed by atoms with E-state index in [1.54, 1.807) is 19.9 Å². The van der Waals surface area contributed by atoms with Gasteiger partial charge in [-0.05, 0) is 25.5 Å². The van der Waals surface area contributed by atoms with Gasteiger partial charge in [-0.15, -0.1) is 6.58 Å². The van der Waals surface area contributed by atoms with E-state index in [-0.39, 0.29) is 12.6 Å². The van der Waals surface area contributed by atoms with Crippen LogP contribution >= 0.6 is 15.9 Å². The molecule has 0 aromatic heterocycles. The molecule has 1 aliphatic heterocycles. The second-order valence-corrected chi connectivity index (χ2v) is 5.88. The SMILES string of the molecule is C=CCN1C(=O)NC(c2ccccc2Br)C(C(=O)OCC)=C1C. The summed E-state index contributed by atoms with van der Waals surface area (Å²) in [6.07, 6.45) is 1.62. The first-order valence-corrected chi connectivity index (χ1v) is 8.11. The Hall–Kier alpha value is -2.08. The summed E-state index contributed by atoms with van der Waals surface area (Å²) in [5.41, 5.74) is 1.81. The maximum Gasteiger partial charge on any atom is 0.338 e. The lowest BCUT2D eigenvalue weighted by atomic mass is 9.95. The number of hydrogen-bond acceptors (Lipinski definition) is 3. The first-order chi connectivity index (χ1) is 11.0. The van der Waals surface area contributed by atoms with E-state index in [0.29, 0.717) is 17.8 Å². The molecule has 0 saturated carbocycles. The Bertz CT molecular complexity index is 670. The highest BCUT2D eigenvalue weighted by molar-refractivity contribution is 9.10. The number of urea groups is 1. The van der Waals surface area contributed by atoms with E-state index in [9.17, 15) is 9.59 Å². The molecule has 0 fully saturated rings. The predicted octanol–water partition coefficient (Wildman–Crippen LogP) is 3.54. The first kappa shape index (κ1) is 17.3. The van der Waals surface area contributed by atoms with Crippen LogP contribution in [0.25, 0.3) is 0 Å². The van der Waals surface area contributed by atoms with Gasteiger partial charge in [0, 0.05) is 16.7 Å². The number of benzene rings is 1. The zero-order valence-electron chi connectivity index (χ0n) is 13.1. The average molecular weight is 379 g/mol. The molecule has 1 aliphatic rings. The molecule has 1 aromatic carbocycles. The van der Waals surface area contributed by atoms with Crippen molar-refractivity contribution in [2.24, 2.45) is 0 Å². The number of amides is 2. The maximum atomic E-state index is 12.5. The molecule has 5 nitrogen and oxygen atoms in total. The van der Waals surface area contributed by atoms with Gasteiger partial charge >= 0.3 is 12.0 Å². The maximum absolute atomic E-state index is 12.5. The highest BCUT2D eigenvalue weighted by Crippen LogP contribution is 2.34. The second kappa shape index (κ2) is 7.46. The minimum atomic E-state index is -0.557. The van der Waals surface area contributed by atoms with Gasteiger partial charge in [-0.25, -0.2) is 9.59 Å². The van der Waals surface area contributed by atoms with Crippen molar-refractivity contribution in [3.8, 4) is 0 Å². The van der Waals surface area contributed by atoms with Crippen molar-refractivity contribution in [1.29, 1.82) is 0 Å². The second-order valence-electron chi connectivity index (χ2n) is 5.02. The third-order valence-electron chi connectivity index (χ3n) is 3.62. The van der Waals surface area contributed by atoms with E-state index in [4.69, 9.17) is 4.74 Å². The van der Waals surface area contributed by atoms with Crippen LogP contribution in [0.3, 0.4) is 0 Å². The van der Waals surface area contributed by atoms with Gasteiger partial charge in [-0.1, -0.05) is 40.2 Å². The van der Waals surface area contributed by atoms with Crippen LogP contribution in [0.5, 0.6) is 0 Å². The van der Waals surface area contributed by atoms with Gasteiger partial charge in [-0.3, -0.25) is 4.90 Å². The van der Waals surface area contributed by atoms with E-state index in [2.05, 4.69) is 27.8 Å². The first-order valence-electron chi connectivity index (χ1n) is 7.32. The van der Waals surface area contributed by atoms with Crippen LogP contribution in [-0.4, -0.2) is 30.1 Å². The van der Waals surface area contributed by atoms with Crippen LogP contribution in [0.2, 0.25) is 0 Å². The number of hydrogen-bond donors (Lipinski definition) is 1. The lowest BCUT2D eigenvalue weighted by Crippen LogP contribution is -2.48. The normalized spacial score (nSPS) is 17.8. The molecule has 1 heterocycles. The van der Waals surface area contributed by atoms with E-state index in [0.717, 1.165) is 10.0 Å². The number of carbonyl (C=O) groups excluding carboxylic acids is 2. The van der Waals surface area contributed by atoms with E-state index >= 15 is 0 Å². The van der Waals surface area contributed by atoms with Gasteiger partial charge in [0.05, 0.1) is 18.2 Å². The largest absolute Gasteiger partial charge is 0.463 e. The molecule has 122 valence electrons. The smallest absolute Gasteiger partial charge is 0.338 e. The Morgan fingerprint density at radius 2 is 2.17 bits per heavy atom. The molecule has 2 rings (SSSR count). The summed E-state index contributed by atoms with van der Waals surface area (Å²) < 4.78 is 6.01. The Labute approximate surface area is 144 Å². The minimum absolute atomic E-state index is 0.267. The van der Waals surface area contributed by atoms with Crippen LogP contribution in [0, 0.1) is 0 Å². The molecule has 0 spiro atoms. The van der Waals surface area contributed by atoms with Gasteiger partial charge in [-0.2, -0.15) is 0 Å². The number of esters is 1. The fraction of sp³-hybridized carbons (Fsp3) is 0.294. The zero-order valence-corrected chi connectivity index (χ0v) is 14.7. The Morgan fingerprint density at radius 3 is 2.78 bits per heavy atom. The Morgan fingerprint density at radius 1 is 1.48 bits per heavy atom. The van der Waals surface area contributed by atoms with Crippen LogP contribution < -0.4 is 5.32 Å². The van der Waals surface area contributed by atoms with Gasteiger partial charge in [0.2, 0.25) is 0 Å². The van der Waals surface area contributed by atoms with Crippen LogP contribution in [-0.2, 0) is 9.53 Å². The van der Waals surface area contributed by atoms with Crippen LogP contribution in [0.15, 0.2) is 52.7 Å². The number of rotatable bonds is 5. The number of nitrogens with one attached hydrogen (secondary N) is 1. The minimum Gasteiger partial charge on any atom is -0.463 e. The van der Waals surface area contributed by atoms with Gasteiger partial charge in [0.1, 0.15) is 0 Å². The molecule has 0 saturated heterocycles. The predicted molar refractivity (Wildman–Crippen MR) is 91.7 cm³/mol. The highest BCUT2D eigenvalue weighted by Gasteiger charge is 2.36. The Kier molecular flexibility index (Phi) is 5.60. The summed E-state index contributed by atoms with van der Waals surface area (Å²) in [6.45, 7) is 7.75. The highest BCUT2D eigenvalue weighted by atomic mass is 79.9. The molecule has 1 atom stereocenters. The third-order valence-corrected chi connectivity index (χ3v) is 4.34. The van der Waals surface area contributed by atoms with E-state index in [1.165, 1.54) is 4.90 Å². The molecule has 0 bridgehead atoms.